The predicted octanol–water partition coefficient (Wildman–Crippen LogP) is 3.04. The lowest BCUT2D eigenvalue weighted by Crippen LogP contribution is -2.49. The van der Waals surface area contributed by atoms with Crippen molar-refractivity contribution in [2.24, 2.45) is 0 Å². The number of nitrogens with zero attached hydrogens (tertiary/aromatic N) is 1. The number of benzene rings is 2. The molecule has 1 saturated carbocycles. The van der Waals surface area contributed by atoms with Crippen molar-refractivity contribution in [2.75, 3.05) is 26.2 Å². The first-order chi connectivity index (χ1) is 14.6. The van der Waals surface area contributed by atoms with Crippen LogP contribution < -0.4 is 5.32 Å². The average Bonchev–Trinajstić information content (AvgIpc) is 3.62. The van der Waals surface area contributed by atoms with Gasteiger partial charge in [-0.3, -0.25) is 4.79 Å². The summed E-state index contributed by atoms with van der Waals surface area (Å²) >= 11 is 0. The Balaban J connectivity index is 1.22. The van der Waals surface area contributed by atoms with Gasteiger partial charge in [0.2, 0.25) is 0 Å². The van der Waals surface area contributed by atoms with Crippen molar-refractivity contribution in [2.45, 2.75) is 31.5 Å². The molecule has 1 saturated heterocycles. The lowest BCUT2D eigenvalue weighted by Gasteiger charge is -2.32. The van der Waals surface area contributed by atoms with E-state index in [2.05, 4.69) is 17.4 Å². The zero-order valence-corrected chi connectivity index (χ0v) is 16.8. The fourth-order valence-corrected chi connectivity index (χ4v) is 3.47. The minimum absolute atomic E-state index is 0.107. The normalized spacial score (nSPS) is 18.7. The maximum atomic E-state index is 12.4. The van der Waals surface area contributed by atoms with E-state index in [9.17, 15) is 14.7 Å². The van der Waals surface area contributed by atoms with E-state index in [0.717, 1.165) is 5.56 Å². The number of aromatic hydroxyl groups is 1. The maximum absolute atomic E-state index is 12.4. The van der Waals surface area contributed by atoms with Crippen LogP contribution in [0.15, 0.2) is 48.5 Å². The second kappa shape index (κ2) is 9.17. The van der Waals surface area contributed by atoms with Gasteiger partial charge in [-0.1, -0.05) is 24.3 Å². The highest BCUT2D eigenvalue weighted by molar-refractivity contribution is 5.94. The number of phenols is 1. The van der Waals surface area contributed by atoms with E-state index in [0.29, 0.717) is 31.2 Å². The molecule has 2 amide bonds. The van der Waals surface area contributed by atoms with Gasteiger partial charge in [0.25, 0.3) is 5.91 Å². The average molecular weight is 410 g/mol. The van der Waals surface area contributed by atoms with Gasteiger partial charge < -0.3 is 24.8 Å². The van der Waals surface area contributed by atoms with Gasteiger partial charge in [-0.05, 0) is 54.2 Å². The van der Waals surface area contributed by atoms with Crippen LogP contribution in [-0.4, -0.2) is 54.4 Å². The molecule has 1 unspecified atom stereocenters. The number of phenolic OH excluding ortho intramolecular Hbond substituents is 1. The number of hydrogen-bond acceptors (Lipinski definition) is 5. The minimum Gasteiger partial charge on any atom is -0.508 e. The molecule has 158 valence electrons. The van der Waals surface area contributed by atoms with Gasteiger partial charge in [0.1, 0.15) is 12.4 Å². The van der Waals surface area contributed by atoms with Crippen LogP contribution in [-0.2, 0) is 16.1 Å². The van der Waals surface area contributed by atoms with Crippen LogP contribution in [0.2, 0.25) is 0 Å². The topological polar surface area (TPSA) is 88.1 Å². The summed E-state index contributed by atoms with van der Waals surface area (Å²) in [5.41, 5.74) is 2.78. The number of nitrogens with one attached hydrogen (secondary N) is 1. The molecule has 1 aliphatic carbocycles. The van der Waals surface area contributed by atoms with Crippen LogP contribution in [0.5, 0.6) is 5.75 Å². The Hall–Kier alpha value is -3.06. The molecule has 0 spiro atoms. The molecule has 2 fully saturated rings. The summed E-state index contributed by atoms with van der Waals surface area (Å²) in [4.78, 5) is 26.2. The van der Waals surface area contributed by atoms with Crippen molar-refractivity contribution in [3.05, 3.63) is 65.2 Å². The third-order valence-electron chi connectivity index (χ3n) is 5.41. The van der Waals surface area contributed by atoms with Gasteiger partial charge in [0.05, 0.1) is 19.3 Å². The van der Waals surface area contributed by atoms with E-state index in [1.54, 1.807) is 17.0 Å². The Morgan fingerprint density at radius 1 is 1.10 bits per heavy atom. The third kappa shape index (κ3) is 5.30. The Kier molecular flexibility index (Phi) is 6.18. The highest BCUT2D eigenvalue weighted by atomic mass is 16.6. The van der Waals surface area contributed by atoms with Crippen molar-refractivity contribution in [3.8, 4) is 5.75 Å². The summed E-state index contributed by atoms with van der Waals surface area (Å²) in [7, 11) is 0. The van der Waals surface area contributed by atoms with Crippen molar-refractivity contribution in [3.63, 3.8) is 0 Å². The number of morpholine rings is 1. The first-order valence-electron chi connectivity index (χ1n) is 10.3. The van der Waals surface area contributed by atoms with E-state index >= 15 is 0 Å². The molecule has 2 aromatic rings. The molecule has 2 N–H and O–H groups in total. The monoisotopic (exact) mass is 410 g/mol. The van der Waals surface area contributed by atoms with Gasteiger partial charge in [0, 0.05) is 18.7 Å². The molecule has 0 bridgehead atoms. The third-order valence-corrected chi connectivity index (χ3v) is 5.41. The van der Waals surface area contributed by atoms with Crippen LogP contribution in [0.1, 0.15) is 40.2 Å². The summed E-state index contributed by atoms with van der Waals surface area (Å²) in [6.07, 6.45) is 1.86. The van der Waals surface area contributed by atoms with Crippen LogP contribution in [0.25, 0.3) is 0 Å². The first-order valence-corrected chi connectivity index (χ1v) is 10.3. The quantitative estimate of drug-likeness (QED) is 0.764. The summed E-state index contributed by atoms with van der Waals surface area (Å²) in [6, 6.07) is 14.3. The summed E-state index contributed by atoms with van der Waals surface area (Å²) in [5.74, 6) is 0.560. The number of carbonyl (C=O) groups is 2. The zero-order chi connectivity index (χ0) is 20.9. The number of ether oxygens (including phenoxy) is 2. The molecule has 1 aliphatic heterocycles. The second-order valence-electron chi connectivity index (χ2n) is 7.77. The number of amides is 2. The Labute approximate surface area is 175 Å². The smallest absolute Gasteiger partial charge is 0.410 e. The summed E-state index contributed by atoms with van der Waals surface area (Å²) in [5, 5.41) is 12.1. The minimum atomic E-state index is -0.376. The fourth-order valence-electron chi connectivity index (χ4n) is 3.47. The first kappa shape index (κ1) is 20.2. The molecule has 30 heavy (non-hydrogen) atoms. The maximum Gasteiger partial charge on any atom is 0.410 e. The van der Waals surface area contributed by atoms with Gasteiger partial charge >= 0.3 is 6.09 Å². The molecular formula is C23H26N2O5. The van der Waals surface area contributed by atoms with Gasteiger partial charge in [-0.25, -0.2) is 4.79 Å². The number of hydrogen-bond donors (Lipinski definition) is 2. The molecule has 1 heterocycles. The Morgan fingerprint density at radius 3 is 2.53 bits per heavy atom. The van der Waals surface area contributed by atoms with Crippen LogP contribution in [0.4, 0.5) is 4.79 Å². The molecule has 7 heteroatoms. The van der Waals surface area contributed by atoms with Gasteiger partial charge in [-0.2, -0.15) is 0 Å². The van der Waals surface area contributed by atoms with Crippen molar-refractivity contribution in [1.29, 1.82) is 0 Å². The molecular weight excluding hydrogens is 384 g/mol. The Bertz CT molecular complexity index is 877. The van der Waals surface area contributed by atoms with E-state index in [1.165, 1.54) is 30.5 Å². The van der Waals surface area contributed by atoms with Crippen LogP contribution >= 0.6 is 0 Å². The molecule has 0 aromatic heterocycles. The van der Waals surface area contributed by atoms with Crippen molar-refractivity contribution in [1.82, 2.24) is 10.2 Å². The SMILES string of the molecule is O=C(NCC1CN(C(=O)OCc2ccc(C3CC3)cc2)CCO1)c1ccc(O)cc1. The molecule has 7 nitrogen and oxygen atoms in total. The molecule has 1 atom stereocenters. The van der Waals surface area contributed by atoms with E-state index in [1.807, 2.05) is 12.1 Å². The molecule has 4 rings (SSSR count). The van der Waals surface area contributed by atoms with Crippen molar-refractivity contribution < 1.29 is 24.2 Å². The van der Waals surface area contributed by atoms with Gasteiger partial charge in [0.15, 0.2) is 0 Å². The predicted molar refractivity (Wildman–Crippen MR) is 110 cm³/mol. The number of carbonyl (C=O) groups excluding carboxylic acids is 2. The molecule has 2 aromatic carbocycles. The zero-order valence-electron chi connectivity index (χ0n) is 16.8. The van der Waals surface area contributed by atoms with E-state index in [-0.39, 0.29) is 37.0 Å². The molecule has 2 aliphatic rings. The summed E-state index contributed by atoms with van der Waals surface area (Å²) in [6.45, 7) is 1.73. The van der Waals surface area contributed by atoms with Crippen LogP contribution in [0.3, 0.4) is 0 Å². The van der Waals surface area contributed by atoms with Crippen molar-refractivity contribution >= 4 is 12.0 Å². The van der Waals surface area contributed by atoms with Gasteiger partial charge in [-0.15, -0.1) is 0 Å². The van der Waals surface area contributed by atoms with Crippen LogP contribution in [0, 0.1) is 0 Å². The standard InChI is InChI=1S/C23H26N2O5/c26-20-9-7-19(8-10-20)22(27)24-13-21-14-25(11-12-29-21)23(28)30-15-16-1-3-17(4-2-16)18-5-6-18/h1-4,7-10,18,21,26H,5-6,11-15H2,(H,24,27). The van der Waals surface area contributed by atoms with E-state index in [4.69, 9.17) is 9.47 Å². The molecule has 0 radical (unpaired) electrons. The lowest BCUT2D eigenvalue weighted by atomic mass is 10.1. The highest BCUT2D eigenvalue weighted by Gasteiger charge is 2.26. The Morgan fingerprint density at radius 2 is 1.83 bits per heavy atom. The number of rotatable bonds is 6. The largest absolute Gasteiger partial charge is 0.508 e. The second-order valence-corrected chi connectivity index (χ2v) is 7.77. The lowest BCUT2D eigenvalue weighted by molar-refractivity contribution is -0.0263. The highest BCUT2D eigenvalue weighted by Crippen LogP contribution is 2.39. The fraction of sp³-hybridized carbons (Fsp3) is 0.391. The van der Waals surface area contributed by atoms with E-state index < -0.39 is 0 Å². The summed E-state index contributed by atoms with van der Waals surface area (Å²) < 4.78 is 11.1.